The van der Waals surface area contributed by atoms with E-state index < -0.39 is 0 Å². The highest BCUT2D eigenvalue weighted by molar-refractivity contribution is 9.10. The Hall–Kier alpha value is -1.36. The van der Waals surface area contributed by atoms with Crippen LogP contribution in [0.1, 0.15) is 49.9 Å². The second kappa shape index (κ2) is 10.4. The average Bonchev–Trinajstić information content (AvgIpc) is 2.50. The average molecular weight is 370 g/mol. The lowest BCUT2D eigenvalue weighted by Crippen LogP contribution is -2.26. The fourth-order valence-electron chi connectivity index (χ4n) is 2.34. The van der Waals surface area contributed by atoms with E-state index in [1.54, 1.807) is 0 Å². The molecule has 0 heterocycles. The zero-order valence-corrected chi connectivity index (χ0v) is 14.9. The Morgan fingerprint density at radius 3 is 2.68 bits per heavy atom. The van der Waals surface area contributed by atoms with E-state index in [0.717, 1.165) is 48.8 Å². The molecular weight excluding hydrogens is 346 g/mol. The Morgan fingerprint density at radius 1 is 1.27 bits per heavy atom. The SMILES string of the molecule is CCCN(CCCCC(=O)OCC)c1ccc(Br)cc1C=O. The monoisotopic (exact) mass is 369 g/mol. The number of hydrogen-bond donors (Lipinski definition) is 0. The third-order valence-corrected chi connectivity index (χ3v) is 3.81. The second-order valence-corrected chi connectivity index (χ2v) is 5.99. The normalized spacial score (nSPS) is 10.3. The van der Waals surface area contributed by atoms with Crippen molar-refractivity contribution in [3.8, 4) is 0 Å². The van der Waals surface area contributed by atoms with E-state index in [9.17, 15) is 9.59 Å². The minimum Gasteiger partial charge on any atom is -0.466 e. The quantitative estimate of drug-likeness (QED) is 0.352. The number of ether oxygens (including phenoxy) is 1. The highest BCUT2D eigenvalue weighted by atomic mass is 79.9. The summed E-state index contributed by atoms with van der Waals surface area (Å²) in [4.78, 5) is 24.8. The second-order valence-electron chi connectivity index (χ2n) is 5.07. The summed E-state index contributed by atoms with van der Waals surface area (Å²) in [6.45, 7) is 6.08. The molecule has 122 valence electrons. The van der Waals surface area contributed by atoms with E-state index in [2.05, 4.69) is 27.8 Å². The number of aldehydes is 1. The zero-order valence-electron chi connectivity index (χ0n) is 13.3. The first kappa shape index (κ1) is 18.7. The number of esters is 1. The molecular formula is C17H24BrNO3. The Bertz CT molecular complexity index is 491. The summed E-state index contributed by atoms with van der Waals surface area (Å²) >= 11 is 3.39. The summed E-state index contributed by atoms with van der Waals surface area (Å²) in [6.07, 6.45) is 4.04. The minimum atomic E-state index is -0.137. The van der Waals surface area contributed by atoms with Gasteiger partial charge in [-0.15, -0.1) is 0 Å². The number of hydrogen-bond acceptors (Lipinski definition) is 4. The predicted octanol–water partition coefficient (Wildman–Crippen LogP) is 4.21. The molecule has 0 atom stereocenters. The number of anilines is 1. The molecule has 0 fully saturated rings. The van der Waals surface area contributed by atoms with Gasteiger partial charge >= 0.3 is 5.97 Å². The Labute approximate surface area is 141 Å². The van der Waals surface area contributed by atoms with Gasteiger partial charge in [-0.1, -0.05) is 22.9 Å². The van der Waals surface area contributed by atoms with Gasteiger partial charge < -0.3 is 9.64 Å². The molecule has 0 aliphatic carbocycles. The molecule has 5 heteroatoms. The van der Waals surface area contributed by atoms with E-state index in [0.29, 0.717) is 18.6 Å². The van der Waals surface area contributed by atoms with Crippen LogP contribution in [0.3, 0.4) is 0 Å². The topological polar surface area (TPSA) is 46.6 Å². The lowest BCUT2D eigenvalue weighted by molar-refractivity contribution is -0.143. The highest BCUT2D eigenvalue weighted by Gasteiger charge is 2.11. The van der Waals surface area contributed by atoms with Crippen LogP contribution >= 0.6 is 15.9 Å². The van der Waals surface area contributed by atoms with E-state index in [4.69, 9.17) is 4.74 Å². The van der Waals surface area contributed by atoms with Crippen molar-refractivity contribution < 1.29 is 14.3 Å². The fourth-order valence-corrected chi connectivity index (χ4v) is 2.71. The maximum absolute atomic E-state index is 11.3. The molecule has 0 aliphatic heterocycles. The first-order valence-corrected chi connectivity index (χ1v) is 8.57. The lowest BCUT2D eigenvalue weighted by atomic mass is 10.1. The molecule has 0 aromatic heterocycles. The summed E-state index contributed by atoms with van der Waals surface area (Å²) in [5, 5.41) is 0. The van der Waals surface area contributed by atoms with Crippen LogP contribution in [0.2, 0.25) is 0 Å². The summed E-state index contributed by atoms with van der Waals surface area (Å²) in [5.41, 5.74) is 1.64. The van der Waals surface area contributed by atoms with Crippen LogP contribution in [0.25, 0.3) is 0 Å². The van der Waals surface area contributed by atoms with Crippen molar-refractivity contribution in [3.63, 3.8) is 0 Å². The molecule has 1 aromatic rings. The molecule has 0 saturated carbocycles. The van der Waals surface area contributed by atoms with Gasteiger partial charge in [-0.2, -0.15) is 0 Å². The van der Waals surface area contributed by atoms with Crippen LogP contribution in [0.4, 0.5) is 5.69 Å². The van der Waals surface area contributed by atoms with Crippen LogP contribution < -0.4 is 4.90 Å². The van der Waals surface area contributed by atoms with Crippen LogP contribution in [0, 0.1) is 0 Å². The molecule has 0 saturated heterocycles. The number of benzene rings is 1. The first-order valence-electron chi connectivity index (χ1n) is 7.77. The Balaban J connectivity index is 2.62. The number of halogens is 1. The van der Waals surface area contributed by atoms with Crippen molar-refractivity contribution in [1.29, 1.82) is 0 Å². The number of carbonyl (C=O) groups excluding carboxylic acids is 2. The highest BCUT2D eigenvalue weighted by Crippen LogP contribution is 2.24. The van der Waals surface area contributed by atoms with Crippen LogP contribution in [-0.2, 0) is 9.53 Å². The number of nitrogens with zero attached hydrogens (tertiary/aromatic N) is 1. The van der Waals surface area contributed by atoms with Gasteiger partial charge in [0, 0.05) is 35.2 Å². The van der Waals surface area contributed by atoms with E-state index >= 15 is 0 Å². The molecule has 4 nitrogen and oxygen atoms in total. The molecule has 0 aliphatic rings. The van der Waals surface area contributed by atoms with Crippen LogP contribution in [0.5, 0.6) is 0 Å². The molecule has 22 heavy (non-hydrogen) atoms. The van der Waals surface area contributed by atoms with E-state index in [-0.39, 0.29) is 5.97 Å². The zero-order chi connectivity index (χ0) is 16.4. The van der Waals surface area contributed by atoms with Crippen LogP contribution in [-0.4, -0.2) is 32.0 Å². The summed E-state index contributed by atoms with van der Waals surface area (Å²) in [7, 11) is 0. The maximum Gasteiger partial charge on any atom is 0.305 e. The fraction of sp³-hybridized carbons (Fsp3) is 0.529. The van der Waals surface area contributed by atoms with Crippen molar-refractivity contribution in [3.05, 3.63) is 28.2 Å². The van der Waals surface area contributed by atoms with Gasteiger partial charge in [0.15, 0.2) is 6.29 Å². The standard InChI is InChI=1S/C17H24BrNO3/c1-3-10-19(11-6-5-7-17(21)22-4-2)16-9-8-15(18)12-14(16)13-20/h8-9,12-13H,3-7,10-11H2,1-2H3. The van der Waals surface area contributed by atoms with Crippen LogP contribution in [0.15, 0.2) is 22.7 Å². The third-order valence-electron chi connectivity index (χ3n) is 3.32. The van der Waals surface area contributed by atoms with E-state index in [1.807, 2.05) is 25.1 Å². The molecule has 1 rings (SSSR count). The van der Waals surface area contributed by atoms with Gasteiger partial charge in [-0.3, -0.25) is 9.59 Å². The molecule has 0 N–H and O–H groups in total. The van der Waals surface area contributed by atoms with Gasteiger partial charge in [0.2, 0.25) is 0 Å². The van der Waals surface area contributed by atoms with E-state index in [1.165, 1.54) is 0 Å². The van der Waals surface area contributed by atoms with Crippen molar-refractivity contribution in [2.75, 3.05) is 24.6 Å². The third kappa shape index (κ3) is 6.18. The van der Waals surface area contributed by atoms with Crippen molar-refractivity contribution in [2.45, 2.75) is 39.5 Å². The predicted molar refractivity (Wildman–Crippen MR) is 92.5 cm³/mol. The first-order chi connectivity index (χ1) is 10.6. The summed E-state index contributed by atoms with van der Waals surface area (Å²) in [6, 6.07) is 5.75. The minimum absolute atomic E-state index is 0.137. The molecule has 0 radical (unpaired) electrons. The molecule has 0 bridgehead atoms. The largest absolute Gasteiger partial charge is 0.466 e. The van der Waals surface area contributed by atoms with Gasteiger partial charge in [0.05, 0.1) is 6.61 Å². The van der Waals surface area contributed by atoms with Gasteiger partial charge in [0.1, 0.15) is 0 Å². The van der Waals surface area contributed by atoms with Crippen molar-refractivity contribution in [2.24, 2.45) is 0 Å². The van der Waals surface area contributed by atoms with Crippen molar-refractivity contribution >= 4 is 33.9 Å². The molecule has 0 unspecified atom stereocenters. The maximum atomic E-state index is 11.3. The summed E-state index contributed by atoms with van der Waals surface area (Å²) < 4.78 is 5.83. The smallest absolute Gasteiger partial charge is 0.305 e. The Kier molecular flexibility index (Phi) is 8.82. The van der Waals surface area contributed by atoms with Gasteiger partial charge in [-0.05, 0) is 44.4 Å². The molecule has 0 amide bonds. The number of unbranched alkanes of at least 4 members (excludes halogenated alkanes) is 1. The number of carbonyl (C=O) groups is 2. The van der Waals surface area contributed by atoms with Gasteiger partial charge in [-0.25, -0.2) is 0 Å². The number of rotatable bonds is 10. The molecule has 1 aromatic carbocycles. The molecule has 0 spiro atoms. The van der Waals surface area contributed by atoms with Crippen molar-refractivity contribution in [1.82, 2.24) is 0 Å². The summed E-state index contributed by atoms with van der Waals surface area (Å²) in [5.74, 6) is -0.137. The lowest BCUT2D eigenvalue weighted by Gasteiger charge is -2.25. The Morgan fingerprint density at radius 2 is 2.05 bits per heavy atom. The van der Waals surface area contributed by atoms with Gasteiger partial charge in [0.25, 0.3) is 0 Å².